The van der Waals surface area contributed by atoms with Gasteiger partial charge in [-0.05, 0) is 12.0 Å². The molecule has 1 rings (SSSR count). The molecule has 0 bridgehead atoms. The summed E-state index contributed by atoms with van der Waals surface area (Å²) in [6, 6.07) is 10.7. The Morgan fingerprint density at radius 3 is 2.65 bits per heavy atom. The van der Waals surface area contributed by atoms with Gasteiger partial charge in [-0.2, -0.15) is 0 Å². The van der Waals surface area contributed by atoms with Crippen LogP contribution in [-0.4, -0.2) is 19.6 Å². The van der Waals surface area contributed by atoms with Crippen LogP contribution < -0.4 is 5.32 Å². The van der Waals surface area contributed by atoms with Crippen molar-refractivity contribution in [3.8, 4) is 0 Å². The van der Waals surface area contributed by atoms with Gasteiger partial charge >= 0.3 is 5.97 Å². The Kier molecular flexibility index (Phi) is 6.33. The minimum atomic E-state index is -0.166. The van der Waals surface area contributed by atoms with E-state index in [1.165, 1.54) is 12.7 Å². The van der Waals surface area contributed by atoms with E-state index in [9.17, 15) is 4.79 Å². The molecule has 1 N–H and O–H groups in total. The van der Waals surface area contributed by atoms with Crippen molar-refractivity contribution in [2.45, 2.75) is 32.2 Å². The summed E-state index contributed by atoms with van der Waals surface area (Å²) in [4.78, 5) is 11.0. The maximum Gasteiger partial charge on any atom is 0.306 e. The van der Waals surface area contributed by atoms with E-state index < -0.39 is 0 Å². The third-order valence-electron chi connectivity index (χ3n) is 2.73. The highest BCUT2D eigenvalue weighted by molar-refractivity contribution is 5.69. The lowest BCUT2D eigenvalue weighted by Crippen LogP contribution is -2.24. The Morgan fingerprint density at radius 1 is 1.35 bits per heavy atom. The van der Waals surface area contributed by atoms with Gasteiger partial charge < -0.3 is 10.1 Å². The van der Waals surface area contributed by atoms with Crippen LogP contribution in [0.15, 0.2) is 30.3 Å². The molecule has 0 aliphatic carbocycles. The first-order valence-electron chi connectivity index (χ1n) is 6.13. The van der Waals surface area contributed by atoms with E-state index in [-0.39, 0.29) is 5.97 Å². The molecule has 0 saturated heterocycles. The SMILES string of the molecule is CCCC(NCCC(=O)OC)c1ccccc1. The van der Waals surface area contributed by atoms with Gasteiger partial charge in [0.2, 0.25) is 0 Å². The summed E-state index contributed by atoms with van der Waals surface area (Å²) >= 11 is 0. The van der Waals surface area contributed by atoms with E-state index in [0.29, 0.717) is 19.0 Å². The molecule has 1 unspecified atom stereocenters. The van der Waals surface area contributed by atoms with Crippen molar-refractivity contribution in [2.75, 3.05) is 13.7 Å². The lowest BCUT2D eigenvalue weighted by atomic mass is 10.0. The van der Waals surface area contributed by atoms with Crippen LogP contribution in [-0.2, 0) is 9.53 Å². The van der Waals surface area contributed by atoms with Crippen LogP contribution in [0.2, 0.25) is 0 Å². The molecular weight excluding hydrogens is 214 g/mol. The normalized spacial score (nSPS) is 12.1. The smallest absolute Gasteiger partial charge is 0.306 e. The summed E-state index contributed by atoms with van der Waals surface area (Å²) in [5.41, 5.74) is 1.28. The predicted octanol–water partition coefficient (Wildman–Crippen LogP) is 2.68. The van der Waals surface area contributed by atoms with Crippen molar-refractivity contribution in [2.24, 2.45) is 0 Å². The van der Waals surface area contributed by atoms with Gasteiger partial charge in [0.15, 0.2) is 0 Å². The average molecular weight is 235 g/mol. The first-order chi connectivity index (χ1) is 8.27. The molecule has 0 aliphatic heterocycles. The fraction of sp³-hybridized carbons (Fsp3) is 0.500. The zero-order valence-corrected chi connectivity index (χ0v) is 10.6. The van der Waals surface area contributed by atoms with E-state index in [2.05, 4.69) is 29.1 Å². The Hall–Kier alpha value is -1.35. The lowest BCUT2D eigenvalue weighted by molar-refractivity contribution is -0.140. The molecule has 3 nitrogen and oxygen atoms in total. The van der Waals surface area contributed by atoms with Crippen LogP contribution in [0.5, 0.6) is 0 Å². The number of hydrogen-bond acceptors (Lipinski definition) is 3. The van der Waals surface area contributed by atoms with Crippen molar-refractivity contribution >= 4 is 5.97 Å². The second kappa shape index (κ2) is 7.85. The Balaban J connectivity index is 2.47. The first kappa shape index (κ1) is 13.7. The molecule has 94 valence electrons. The van der Waals surface area contributed by atoms with Gasteiger partial charge in [-0.1, -0.05) is 43.7 Å². The van der Waals surface area contributed by atoms with Crippen molar-refractivity contribution in [3.05, 3.63) is 35.9 Å². The van der Waals surface area contributed by atoms with Crippen LogP contribution in [0.3, 0.4) is 0 Å². The summed E-state index contributed by atoms with van der Waals surface area (Å²) in [7, 11) is 1.42. The third kappa shape index (κ3) is 5.00. The maximum absolute atomic E-state index is 11.0. The maximum atomic E-state index is 11.0. The number of nitrogens with one attached hydrogen (secondary N) is 1. The van der Waals surface area contributed by atoms with Crippen molar-refractivity contribution in [3.63, 3.8) is 0 Å². The molecule has 0 amide bonds. The van der Waals surface area contributed by atoms with Crippen LogP contribution in [0, 0.1) is 0 Å². The van der Waals surface area contributed by atoms with E-state index in [1.807, 2.05) is 18.2 Å². The fourth-order valence-electron chi connectivity index (χ4n) is 1.81. The van der Waals surface area contributed by atoms with Gasteiger partial charge in [-0.15, -0.1) is 0 Å². The Morgan fingerprint density at radius 2 is 2.06 bits per heavy atom. The molecule has 1 atom stereocenters. The molecule has 0 aromatic heterocycles. The molecule has 17 heavy (non-hydrogen) atoms. The summed E-state index contributed by atoms with van der Waals surface area (Å²) in [5, 5.41) is 3.40. The molecule has 3 heteroatoms. The Labute approximate surface area is 103 Å². The van der Waals surface area contributed by atoms with Crippen molar-refractivity contribution in [1.82, 2.24) is 5.32 Å². The van der Waals surface area contributed by atoms with E-state index >= 15 is 0 Å². The number of rotatable bonds is 7. The van der Waals surface area contributed by atoms with E-state index in [4.69, 9.17) is 0 Å². The summed E-state index contributed by atoms with van der Waals surface area (Å²) in [6.07, 6.45) is 2.61. The monoisotopic (exact) mass is 235 g/mol. The number of benzene rings is 1. The molecule has 0 aliphatic rings. The molecule has 0 heterocycles. The summed E-state index contributed by atoms with van der Waals surface area (Å²) < 4.78 is 4.62. The number of methoxy groups -OCH3 is 1. The molecule has 0 radical (unpaired) electrons. The quantitative estimate of drug-likeness (QED) is 0.738. The van der Waals surface area contributed by atoms with E-state index in [0.717, 1.165) is 12.8 Å². The van der Waals surface area contributed by atoms with E-state index in [1.54, 1.807) is 0 Å². The standard InChI is InChI=1S/C14H21NO2/c1-3-7-13(12-8-5-4-6-9-12)15-11-10-14(16)17-2/h4-6,8-9,13,15H,3,7,10-11H2,1-2H3. The average Bonchev–Trinajstić information content (AvgIpc) is 2.38. The second-order valence-electron chi connectivity index (χ2n) is 4.03. The molecule has 0 saturated carbocycles. The van der Waals surface area contributed by atoms with Crippen LogP contribution >= 0.6 is 0 Å². The largest absolute Gasteiger partial charge is 0.469 e. The van der Waals surface area contributed by atoms with Crippen molar-refractivity contribution in [1.29, 1.82) is 0 Å². The zero-order chi connectivity index (χ0) is 12.5. The number of hydrogen-bond donors (Lipinski definition) is 1. The van der Waals surface area contributed by atoms with Gasteiger partial charge in [-0.25, -0.2) is 0 Å². The number of esters is 1. The molecule has 0 spiro atoms. The summed E-state index contributed by atoms with van der Waals surface area (Å²) in [5.74, 6) is -0.166. The van der Waals surface area contributed by atoms with Gasteiger partial charge in [0.25, 0.3) is 0 Å². The predicted molar refractivity (Wildman–Crippen MR) is 68.7 cm³/mol. The highest BCUT2D eigenvalue weighted by Crippen LogP contribution is 2.17. The number of carbonyl (C=O) groups is 1. The number of carbonyl (C=O) groups excluding carboxylic acids is 1. The first-order valence-corrected chi connectivity index (χ1v) is 6.13. The number of ether oxygens (including phenoxy) is 1. The molecule has 1 aromatic rings. The van der Waals surface area contributed by atoms with Crippen LogP contribution in [0.1, 0.15) is 37.8 Å². The highest BCUT2D eigenvalue weighted by Gasteiger charge is 2.10. The van der Waals surface area contributed by atoms with Crippen LogP contribution in [0.4, 0.5) is 0 Å². The minimum absolute atomic E-state index is 0.166. The molecule has 1 aromatic carbocycles. The Bertz CT molecular complexity index is 324. The summed E-state index contributed by atoms with van der Waals surface area (Å²) in [6.45, 7) is 2.82. The zero-order valence-electron chi connectivity index (χ0n) is 10.6. The minimum Gasteiger partial charge on any atom is -0.469 e. The van der Waals surface area contributed by atoms with Crippen molar-refractivity contribution < 1.29 is 9.53 Å². The highest BCUT2D eigenvalue weighted by atomic mass is 16.5. The molecule has 0 fully saturated rings. The van der Waals surface area contributed by atoms with Gasteiger partial charge in [0.05, 0.1) is 13.5 Å². The van der Waals surface area contributed by atoms with Gasteiger partial charge in [0, 0.05) is 12.6 Å². The fourth-order valence-corrected chi connectivity index (χ4v) is 1.81. The van der Waals surface area contributed by atoms with Gasteiger partial charge in [-0.3, -0.25) is 4.79 Å². The second-order valence-corrected chi connectivity index (χ2v) is 4.03. The lowest BCUT2D eigenvalue weighted by Gasteiger charge is -2.18. The van der Waals surface area contributed by atoms with Gasteiger partial charge in [0.1, 0.15) is 0 Å². The molecular formula is C14H21NO2. The van der Waals surface area contributed by atoms with Crippen LogP contribution in [0.25, 0.3) is 0 Å². The third-order valence-corrected chi connectivity index (χ3v) is 2.73. The topological polar surface area (TPSA) is 38.3 Å².